The van der Waals surface area contributed by atoms with Crippen molar-refractivity contribution in [1.82, 2.24) is 19.7 Å². The second-order valence-electron chi connectivity index (χ2n) is 7.62. The van der Waals surface area contributed by atoms with Gasteiger partial charge in [-0.2, -0.15) is 5.10 Å². The maximum absolute atomic E-state index is 12.4. The van der Waals surface area contributed by atoms with E-state index in [9.17, 15) is 9.59 Å². The summed E-state index contributed by atoms with van der Waals surface area (Å²) < 4.78 is 1.60. The standard InChI is InChI=1S/C22H21N5O2/c1-14-11-15(6-7-22(2)8-10-26(3)21(22)29)13-16(12-14)27-20-17(5-4-9-24-20)18(25-27)19(23)28/h4-5,9,11-13H,8,10H2,1-3H3,(H2,23,28)/t22-/m1/s1. The molecule has 3 aromatic rings. The van der Waals surface area contributed by atoms with Crippen LogP contribution in [-0.2, 0) is 4.79 Å². The van der Waals surface area contributed by atoms with E-state index >= 15 is 0 Å². The molecule has 7 nitrogen and oxygen atoms in total. The molecule has 0 radical (unpaired) electrons. The van der Waals surface area contributed by atoms with Crippen molar-refractivity contribution >= 4 is 22.8 Å². The molecular formula is C22H21N5O2. The Bertz CT molecular complexity index is 1220. The number of aromatic nitrogens is 3. The lowest BCUT2D eigenvalue weighted by molar-refractivity contribution is -0.131. The minimum absolute atomic E-state index is 0.0475. The fraction of sp³-hybridized carbons (Fsp3) is 0.273. The molecule has 1 saturated heterocycles. The van der Waals surface area contributed by atoms with Gasteiger partial charge in [-0.25, -0.2) is 9.67 Å². The summed E-state index contributed by atoms with van der Waals surface area (Å²) in [6, 6.07) is 9.28. The van der Waals surface area contributed by atoms with Gasteiger partial charge in [0.25, 0.3) is 5.91 Å². The van der Waals surface area contributed by atoms with Crippen LogP contribution in [0.2, 0.25) is 0 Å². The Labute approximate surface area is 168 Å². The molecule has 1 atom stereocenters. The smallest absolute Gasteiger partial charge is 0.269 e. The Balaban J connectivity index is 1.80. The molecule has 0 saturated carbocycles. The van der Waals surface area contributed by atoms with E-state index in [2.05, 4.69) is 21.9 Å². The highest BCUT2D eigenvalue weighted by Crippen LogP contribution is 2.30. The van der Waals surface area contributed by atoms with Gasteiger partial charge < -0.3 is 10.6 Å². The van der Waals surface area contributed by atoms with Gasteiger partial charge in [-0.05, 0) is 56.2 Å². The maximum Gasteiger partial charge on any atom is 0.269 e. The summed E-state index contributed by atoms with van der Waals surface area (Å²) in [7, 11) is 1.80. The van der Waals surface area contributed by atoms with Crippen LogP contribution in [0.15, 0.2) is 36.5 Å². The Morgan fingerprint density at radius 2 is 2.10 bits per heavy atom. The molecule has 1 aliphatic heterocycles. The Morgan fingerprint density at radius 3 is 2.79 bits per heavy atom. The fourth-order valence-electron chi connectivity index (χ4n) is 3.62. The number of benzene rings is 1. The van der Waals surface area contributed by atoms with Gasteiger partial charge in [0.15, 0.2) is 11.3 Å². The highest BCUT2D eigenvalue weighted by atomic mass is 16.2. The molecule has 0 aliphatic carbocycles. The van der Waals surface area contributed by atoms with Gasteiger partial charge in [-0.15, -0.1) is 0 Å². The summed E-state index contributed by atoms with van der Waals surface area (Å²) in [5.74, 6) is 5.76. The molecule has 1 fully saturated rings. The van der Waals surface area contributed by atoms with Crippen molar-refractivity contribution in [2.75, 3.05) is 13.6 Å². The van der Waals surface area contributed by atoms with Gasteiger partial charge in [-0.1, -0.05) is 11.8 Å². The molecule has 0 spiro atoms. The molecule has 4 rings (SSSR count). The van der Waals surface area contributed by atoms with Crippen LogP contribution < -0.4 is 5.73 Å². The SMILES string of the molecule is Cc1cc(C#C[C@]2(C)CCN(C)C2=O)cc(-n2nc(C(N)=O)c3cccnc32)c1. The molecule has 0 bridgehead atoms. The van der Waals surface area contributed by atoms with Crippen molar-refractivity contribution in [3.8, 4) is 17.5 Å². The van der Waals surface area contributed by atoms with Gasteiger partial charge in [0.1, 0.15) is 5.41 Å². The third-order valence-corrected chi connectivity index (χ3v) is 5.23. The summed E-state index contributed by atoms with van der Waals surface area (Å²) in [5, 5.41) is 4.98. The van der Waals surface area contributed by atoms with Gasteiger partial charge in [-0.3, -0.25) is 9.59 Å². The van der Waals surface area contributed by atoms with Crippen LogP contribution in [0.4, 0.5) is 0 Å². The first-order valence-corrected chi connectivity index (χ1v) is 9.33. The van der Waals surface area contributed by atoms with Crippen LogP contribution in [-0.4, -0.2) is 45.1 Å². The molecule has 0 unspecified atom stereocenters. The Hall–Kier alpha value is -3.66. The van der Waals surface area contributed by atoms with E-state index in [1.165, 1.54) is 0 Å². The van der Waals surface area contributed by atoms with E-state index in [-0.39, 0.29) is 11.6 Å². The monoisotopic (exact) mass is 387 g/mol. The van der Waals surface area contributed by atoms with Crippen LogP contribution in [0.25, 0.3) is 16.7 Å². The third-order valence-electron chi connectivity index (χ3n) is 5.23. The quantitative estimate of drug-likeness (QED) is 0.681. The highest BCUT2D eigenvalue weighted by Gasteiger charge is 2.39. The first-order valence-electron chi connectivity index (χ1n) is 9.33. The molecule has 1 aliphatic rings. The molecule has 2 N–H and O–H groups in total. The van der Waals surface area contributed by atoms with Gasteiger partial charge in [0.05, 0.1) is 11.1 Å². The van der Waals surface area contributed by atoms with Gasteiger partial charge in [0, 0.05) is 25.4 Å². The molecule has 2 amide bonds. The van der Waals surface area contributed by atoms with Crippen molar-refractivity contribution in [3.63, 3.8) is 0 Å². The van der Waals surface area contributed by atoms with E-state index < -0.39 is 11.3 Å². The van der Waals surface area contributed by atoms with Crippen LogP contribution in [0, 0.1) is 24.2 Å². The van der Waals surface area contributed by atoms with Gasteiger partial charge in [0.2, 0.25) is 5.91 Å². The van der Waals surface area contributed by atoms with Crippen LogP contribution >= 0.6 is 0 Å². The van der Waals surface area contributed by atoms with Crippen molar-refractivity contribution in [2.24, 2.45) is 11.1 Å². The number of likely N-dealkylation sites (tertiary alicyclic amines) is 1. The number of primary amides is 1. The molecule has 2 aromatic heterocycles. The molecule has 1 aromatic carbocycles. The lowest BCUT2D eigenvalue weighted by atomic mass is 9.89. The molecule has 29 heavy (non-hydrogen) atoms. The van der Waals surface area contributed by atoms with E-state index in [0.29, 0.717) is 24.0 Å². The predicted molar refractivity (Wildman–Crippen MR) is 109 cm³/mol. The zero-order chi connectivity index (χ0) is 20.8. The summed E-state index contributed by atoms with van der Waals surface area (Å²) in [4.78, 5) is 30.2. The second kappa shape index (κ2) is 6.74. The van der Waals surface area contributed by atoms with E-state index in [1.807, 2.05) is 32.0 Å². The lowest BCUT2D eigenvalue weighted by Gasteiger charge is -2.14. The van der Waals surface area contributed by atoms with Crippen LogP contribution in [0.3, 0.4) is 0 Å². The Kier molecular flexibility index (Phi) is 4.35. The largest absolute Gasteiger partial charge is 0.364 e. The summed E-state index contributed by atoms with van der Waals surface area (Å²) >= 11 is 0. The van der Waals surface area contributed by atoms with E-state index in [4.69, 9.17) is 5.73 Å². The van der Waals surface area contributed by atoms with E-state index in [1.54, 1.807) is 35.0 Å². The second-order valence-corrected chi connectivity index (χ2v) is 7.62. The van der Waals surface area contributed by atoms with Crippen LogP contribution in [0.1, 0.15) is 35.0 Å². The number of carbonyl (C=O) groups is 2. The minimum Gasteiger partial charge on any atom is -0.364 e. The number of fused-ring (bicyclic) bond motifs is 1. The number of hydrogen-bond donors (Lipinski definition) is 1. The molecular weight excluding hydrogens is 366 g/mol. The average Bonchev–Trinajstić information content (AvgIpc) is 3.20. The van der Waals surface area contributed by atoms with Crippen molar-refractivity contribution in [1.29, 1.82) is 0 Å². The average molecular weight is 387 g/mol. The number of aryl methyl sites for hydroxylation is 1. The molecule has 3 heterocycles. The van der Waals surface area contributed by atoms with Crippen LogP contribution in [0.5, 0.6) is 0 Å². The highest BCUT2D eigenvalue weighted by molar-refractivity contribution is 6.03. The first kappa shape index (κ1) is 18.7. The number of rotatable bonds is 2. The number of amides is 2. The number of carbonyl (C=O) groups excluding carboxylic acids is 2. The fourth-order valence-corrected chi connectivity index (χ4v) is 3.62. The summed E-state index contributed by atoms with van der Waals surface area (Å²) in [6.07, 6.45) is 2.36. The number of nitrogens with two attached hydrogens (primary N) is 1. The van der Waals surface area contributed by atoms with Crippen molar-refractivity contribution < 1.29 is 9.59 Å². The number of pyridine rings is 1. The maximum atomic E-state index is 12.4. The van der Waals surface area contributed by atoms with E-state index in [0.717, 1.165) is 16.8 Å². The zero-order valence-corrected chi connectivity index (χ0v) is 16.6. The predicted octanol–water partition coefficient (Wildman–Crippen LogP) is 2.05. The first-order chi connectivity index (χ1) is 13.8. The lowest BCUT2D eigenvalue weighted by Crippen LogP contribution is -2.28. The summed E-state index contributed by atoms with van der Waals surface area (Å²) in [5.41, 5.74) is 8.01. The van der Waals surface area contributed by atoms with Crippen molar-refractivity contribution in [2.45, 2.75) is 20.3 Å². The van der Waals surface area contributed by atoms with Crippen molar-refractivity contribution in [3.05, 3.63) is 53.3 Å². The Morgan fingerprint density at radius 1 is 1.31 bits per heavy atom. The minimum atomic E-state index is -0.669. The number of nitrogens with zero attached hydrogens (tertiary/aromatic N) is 4. The normalized spacial score (nSPS) is 18.7. The third kappa shape index (κ3) is 3.23. The topological polar surface area (TPSA) is 94.1 Å². The van der Waals surface area contributed by atoms with Gasteiger partial charge >= 0.3 is 0 Å². The zero-order valence-electron chi connectivity index (χ0n) is 16.6. The summed E-state index contributed by atoms with van der Waals surface area (Å²) in [6.45, 7) is 4.55. The molecule has 146 valence electrons. The molecule has 7 heteroatoms. The number of hydrogen-bond acceptors (Lipinski definition) is 4.